The average Bonchev–Trinajstić information content (AvgIpc) is 2.08. The normalized spacial score (nSPS) is 9.92. The minimum absolute atomic E-state index is 0.261. The summed E-state index contributed by atoms with van der Waals surface area (Å²) in [6.07, 6.45) is 0.656. The van der Waals surface area contributed by atoms with E-state index in [1.165, 1.54) is 10.6 Å². The van der Waals surface area contributed by atoms with Crippen LogP contribution in [0.25, 0.3) is 0 Å². The van der Waals surface area contributed by atoms with E-state index in [9.17, 15) is 9.59 Å². The monoisotopic (exact) mass is 181 g/mol. The third-order valence-corrected chi connectivity index (χ3v) is 1.80. The molecule has 13 heavy (non-hydrogen) atoms. The zero-order valence-corrected chi connectivity index (χ0v) is 7.36. The fourth-order valence-electron chi connectivity index (χ4n) is 1.19. The highest BCUT2D eigenvalue weighted by molar-refractivity contribution is 5.66. The van der Waals surface area contributed by atoms with Crippen molar-refractivity contribution in [1.82, 2.24) is 4.57 Å². The van der Waals surface area contributed by atoms with E-state index < -0.39 is 5.97 Å². The van der Waals surface area contributed by atoms with Crippen LogP contribution in [0.15, 0.2) is 23.0 Å². The maximum atomic E-state index is 11.2. The van der Waals surface area contributed by atoms with E-state index in [2.05, 4.69) is 0 Å². The molecule has 70 valence electrons. The smallest absolute Gasteiger partial charge is 0.323 e. The van der Waals surface area contributed by atoms with Gasteiger partial charge < -0.3 is 9.67 Å². The van der Waals surface area contributed by atoms with Crippen molar-refractivity contribution in [2.75, 3.05) is 0 Å². The number of hydrogen-bond donors (Lipinski definition) is 1. The van der Waals surface area contributed by atoms with Crippen LogP contribution in [0.5, 0.6) is 0 Å². The number of aryl methyl sites for hydroxylation is 1. The maximum absolute atomic E-state index is 11.2. The molecule has 1 aromatic rings. The van der Waals surface area contributed by atoms with Gasteiger partial charge in [0.25, 0.3) is 5.56 Å². The summed E-state index contributed by atoms with van der Waals surface area (Å²) in [6.45, 7) is 1.62. The minimum Gasteiger partial charge on any atom is -0.480 e. The molecule has 4 heteroatoms. The number of carboxylic acids is 1. The van der Waals surface area contributed by atoms with Gasteiger partial charge in [0.2, 0.25) is 0 Å². The zero-order valence-electron chi connectivity index (χ0n) is 7.36. The van der Waals surface area contributed by atoms with Crippen molar-refractivity contribution >= 4 is 5.97 Å². The molecule has 0 spiro atoms. The van der Waals surface area contributed by atoms with Crippen LogP contribution in [0, 0.1) is 0 Å². The summed E-state index contributed by atoms with van der Waals surface area (Å²) >= 11 is 0. The van der Waals surface area contributed by atoms with Gasteiger partial charge in [-0.15, -0.1) is 0 Å². The second-order valence-corrected chi connectivity index (χ2v) is 2.69. The Morgan fingerprint density at radius 2 is 2.23 bits per heavy atom. The molecule has 1 aromatic heterocycles. The molecule has 0 fully saturated rings. The molecule has 4 nitrogen and oxygen atoms in total. The first kappa shape index (κ1) is 9.51. The Bertz CT molecular complexity index is 367. The van der Waals surface area contributed by atoms with Crippen LogP contribution in [-0.4, -0.2) is 15.6 Å². The first-order valence-electron chi connectivity index (χ1n) is 4.05. The van der Waals surface area contributed by atoms with Gasteiger partial charge in [-0.3, -0.25) is 9.59 Å². The molecule has 0 bridgehead atoms. The van der Waals surface area contributed by atoms with E-state index in [1.54, 1.807) is 12.1 Å². The Morgan fingerprint density at radius 3 is 2.77 bits per heavy atom. The van der Waals surface area contributed by atoms with E-state index in [0.717, 1.165) is 5.69 Å². The quantitative estimate of drug-likeness (QED) is 0.738. The second-order valence-electron chi connectivity index (χ2n) is 2.69. The molecule has 1 N–H and O–H groups in total. The summed E-state index contributed by atoms with van der Waals surface area (Å²) in [7, 11) is 0. The predicted octanol–water partition coefficient (Wildman–Crippen LogP) is 0.495. The highest BCUT2D eigenvalue weighted by atomic mass is 16.4. The highest BCUT2D eigenvalue weighted by Gasteiger charge is 2.04. The molecule has 0 aliphatic carbocycles. The molecule has 0 saturated carbocycles. The first-order valence-corrected chi connectivity index (χ1v) is 4.05. The van der Waals surface area contributed by atoms with Crippen LogP contribution in [-0.2, 0) is 17.8 Å². The standard InChI is InChI=1S/C9H11NO3/c1-2-7-4-3-5-8(11)10(7)6-9(12)13/h3-5H,2,6H2,1H3,(H,12,13). The lowest BCUT2D eigenvalue weighted by atomic mass is 10.3. The van der Waals surface area contributed by atoms with E-state index in [0.29, 0.717) is 6.42 Å². The summed E-state index contributed by atoms with van der Waals surface area (Å²) in [5, 5.41) is 8.55. The number of carbonyl (C=O) groups is 1. The van der Waals surface area contributed by atoms with Crippen molar-refractivity contribution in [1.29, 1.82) is 0 Å². The molecular weight excluding hydrogens is 170 g/mol. The topological polar surface area (TPSA) is 59.3 Å². The molecule has 0 aliphatic rings. The Labute approximate surface area is 75.4 Å². The van der Waals surface area contributed by atoms with E-state index >= 15 is 0 Å². The minimum atomic E-state index is -0.997. The Morgan fingerprint density at radius 1 is 1.54 bits per heavy atom. The molecule has 0 saturated heterocycles. The SMILES string of the molecule is CCc1cccc(=O)n1CC(=O)O. The van der Waals surface area contributed by atoms with Crippen LogP contribution in [0.4, 0.5) is 0 Å². The Kier molecular flexibility index (Phi) is 2.84. The van der Waals surface area contributed by atoms with Gasteiger partial charge in [0.05, 0.1) is 0 Å². The third-order valence-electron chi connectivity index (χ3n) is 1.80. The van der Waals surface area contributed by atoms with Crippen molar-refractivity contribution < 1.29 is 9.90 Å². The number of rotatable bonds is 3. The summed E-state index contributed by atoms with van der Waals surface area (Å²) < 4.78 is 1.27. The molecule has 0 aromatic carbocycles. The number of nitrogens with zero attached hydrogens (tertiary/aromatic N) is 1. The van der Waals surface area contributed by atoms with Gasteiger partial charge in [-0.25, -0.2) is 0 Å². The number of hydrogen-bond acceptors (Lipinski definition) is 2. The Balaban J connectivity index is 3.15. The van der Waals surface area contributed by atoms with Crippen LogP contribution < -0.4 is 5.56 Å². The van der Waals surface area contributed by atoms with E-state index in [-0.39, 0.29) is 12.1 Å². The summed E-state index contributed by atoms with van der Waals surface area (Å²) in [4.78, 5) is 21.7. The molecule has 0 unspecified atom stereocenters. The lowest BCUT2D eigenvalue weighted by Gasteiger charge is -2.07. The summed E-state index contributed by atoms with van der Waals surface area (Å²) in [5.41, 5.74) is 0.483. The number of aromatic nitrogens is 1. The second kappa shape index (κ2) is 3.89. The molecular formula is C9H11NO3. The molecule has 0 radical (unpaired) electrons. The van der Waals surface area contributed by atoms with Crippen LogP contribution in [0.1, 0.15) is 12.6 Å². The largest absolute Gasteiger partial charge is 0.480 e. The van der Waals surface area contributed by atoms with Crippen molar-refractivity contribution in [2.24, 2.45) is 0 Å². The van der Waals surface area contributed by atoms with Gasteiger partial charge in [-0.05, 0) is 12.5 Å². The van der Waals surface area contributed by atoms with Crippen molar-refractivity contribution in [3.63, 3.8) is 0 Å². The van der Waals surface area contributed by atoms with Gasteiger partial charge in [0.15, 0.2) is 0 Å². The molecule has 0 amide bonds. The van der Waals surface area contributed by atoms with Gasteiger partial charge >= 0.3 is 5.97 Å². The molecule has 1 rings (SSSR count). The zero-order chi connectivity index (χ0) is 9.84. The van der Waals surface area contributed by atoms with Gasteiger partial charge in [-0.1, -0.05) is 13.0 Å². The van der Waals surface area contributed by atoms with Gasteiger partial charge in [-0.2, -0.15) is 0 Å². The van der Waals surface area contributed by atoms with Gasteiger partial charge in [0.1, 0.15) is 6.54 Å². The maximum Gasteiger partial charge on any atom is 0.323 e. The van der Waals surface area contributed by atoms with Crippen molar-refractivity contribution in [3.8, 4) is 0 Å². The molecule has 0 atom stereocenters. The molecule has 1 heterocycles. The fraction of sp³-hybridized carbons (Fsp3) is 0.333. The predicted molar refractivity (Wildman–Crippen MR) is 47.7 cm³/mol. The van der Waals surface area contributed by atoms with Crippen LogP contribution >= 0.6 is 0 Å². The van der Waals surface area contributed by atoms with Crippen molar-refractivity contribution in [3.05, 3.63) is 34.2 Å². The van der Waals surface area contributed by atoms with Crippen LogP contribution in [0.3, 0.4) is 0 Å². The average molecular weight is 181 g/mol. The first-order chi connectivity index (χ1) is 6.15. The Hall–Kier alpha value is -1.58. The highest BCUT2D eigenvalue weighted by Crippen LogP contribution is 1.96. The van der Waals surface area contributed by atoms with E-state index in [1.807, 2.05) is 6.92 Å². The van der Waals surface area contributed by atoms with Gasteiger partial charge in [0, 0.05) is 11.8 Å². The number of carboxylic acid groups (broad SMARTS) is 1. The fourth-order valence-corrected chi connectivity index (χ4v) is 1.19. The lowest BCUT2D eigenvalue weighted by molar-refractivity contribution is -0.137. The number of aliphatic carboxylic acids is 1. The lowest BCUT2D eigenvalue weighted by Crippen LogP contribution is -2.25. The molecule has 0 aliphatic heterocycles. The number of pyridine rings is 1. The summed E-state index contributed by atoms with van der Waals surface area (Å²) in [5.74, 6) is -0.997. The third kappa shape index (κ3) is 2.18. The summed E-state index contributed by atoms with van der Waals surface area (Å²) in [6, 6.07) is 4.76. The van der Waals surface area contributed by atoms with E-state index in [4.69, 9.17) is 5.11 Å². The van der Waals surface area contributed by atoms with Crippen molar-refractivity contribution in [2.45, 2.75) is 19.9 Å². The van der Waals surface area contributed by atoms with Crippen LogP contribution in [0.2, 0.25) is 0 Å².